The molecule has 3 N–H and O–H groups in total. The number of carbonyl (C=O) groups excluding carboxylic acids is 1. The number of benzene rings is 2. The van der Waals surface area contributed by atoms with Gasteiger partial charge in [-0.3, -0.25) is 0 Å². The zero-order chi connectivity index (χ0) is 16.2. The molecule has 4 nitrogen and oxygen atoms in total. The number of phenolic OH excluding ortho intramolecular Hbond substituents is 1. The molecular formula is C19H18N2O2. The molecule has 2 amide bonds. The Morgan fingerprint density at radius 2 is 2.04 bits per heavy atom. The van der Waals surface area contributed by atoms with E-state index in [-0.39, 0.29) is 11.8 Å². The molecule has 1 aliphatic rings. The number of hydrogen-bond acceptors (Lipinski definition) is 2. The quantitative estimate of drug-likeness (QED) is 0.767. The monoisotopic (exact) mass is 306 g/mol. The minimum atomic E-state index is -0.291. The average molecular weight is 306 g/mol. The fourth-order valence-corrected chi connectivity index (χ4v) is 2.48. The van der Waals surface area contributed by atoms with E-state index in [1.165, 1.54) is 5.57 Å². The van der Waals surface area contributed by atoms with Gasteiger partial charge in [-0.15, -0.1) is 0 Å². The first kappa shape index (κ1) is 14.9. The molecule has 3 rings (SSSR count). The van der Waals surface area contributed by atoms with Crippen LogP contribution in [0.5, 0.6) is 5.75 Å². The Morgan fingerprint density at radius 3 is 2.91 bits per heavy atom. The SMILES string of the molecule is CC1=CC=CC(NC(=O)Nc2cccc3cc(O)ccc23)=CC1. The van der Waals surface area contributed by atoms with E-state index in [1.807, 2.05) is 42.5 Å². The van der Waals surface area contributed by atoms with E-state index in [4.69, 9.17) is 0 Å². The van der Waals surface area contributed by atoms with Crippen molar-refractivity contribution in [3.63, 3.8) is 0 Å². The van der Waals surface area contributed by atoms with Crippen LogP contribution in [0.2, 0.25) is 0 Å². The third-order valence-corrected chi connectivity index (χ3v) is 3.67. The van der Waals surface area contributed by atoms with E-state index in [0.29, 0.717) is 5.69 Å². The van der Waals surface area contributed by atoms with Gasteiger partial charge >= 0.3 is 6.03 Å². The number of rotatable bonds is 2. The molecule has 1 aliphatic carbocycles. The predicted octanol–water partition coefficient (Wildman–Crippen LogP) is 4.46. The van der Waals surface area contributed by atoms with Crippen molar-refractivity contribution in [1.82, 2.24) is 5.32 Å². The van der Waals surface area contributed by atoms with Crippen LogP contribution in [0.4, 0.5) is 10.5 Å². The average Bonchev–Trinajstić information content (AvgIpc) is 2.72. The van der Waals surface area contributed by atoms with Crippen LogP contribution in [0.15, 0.2) is 72.0 Å². The second-order valence-electron chi connectivity index (χ2n) is 5.53. The number of hydrogen-bond donors (Lipinski definition) is 3. The lowest BCUT2D eigenvalue weighted by atomic mass is 10.1. The minimum Gasteiger partial charge on any atom is -0.508 e. The lowest BCUT2D eigenvalue weighted by Crippen LogP contribution is -2.27. The number of carbonyl (C=O) groups is 1. The maximum absolute atomic E-state index is 12.2. The molecule has 0 aliphatic heterocycles. The number of fused-ring (bicyclic) bond motifs is 1. The first-order valence-electron chi connectivity index (χ1n) is 7.45. The molecule has 0 spiro atoms. The van der Waals surface area contributed by atoms with Crippen molar-refractivity contribution >= 4 is 22.5 Å². The molecule has 0 radical (unpaired) electrons. The second-order valence-corrected chi connectivity index (χ2v) is 5.53. The van der Waals surface area contributed by atoms with Crippen LogP contribution < -0.4 is 10.6 Å². The van der Waals surface area contributed by atoms with Gasteiger partial charge in [0.2, 0.25) is 0 Å². The van der Waals surface area contributed by atoms with Crippen LogP contribution >= 0.6 is 0 Å². The maximum Gasteiger partial charge on any atom is 0.323 e. The second kappa shape index (κ2) is 6.40. The van der Waals surface area contributed by atoms with Gasteiger partial charge in [0.25, 0.3) is 0 Å². The Morgan fingerprint density at radius 1 is 1.17 bits per heavy atom. The zero-order valence-electron chi connectivity index (χ0n) is 12.8. The molecule has 0 bridgehead atoms. The highest BCUT2D eigenvalue weighted by atomic mass is 16.3. The van der Waals surface area contributed by atoms with E-state index in [2.05, 4.69) is 17.6 Å². The number of phenols is 1. The number of nitrogens with one attached hydrogen (secondary N) is 2. The van der Waals surface area contributed by atoms with Crippen molar-refractivity contribution in [3.05, 3.63) is 72.0 Å². The van der Waals surface area contributed by atoms with Crippen LogP contribution in [0.3, 0.4) is 0 Å². The Balaban J connectivity index is 1.76. The summed E-state index contributed by atoms with van der Waals surface area (Å²) in [7, 11) is 0. The van der Waals surface area contributed by atoms with Crippen molar-refractivity contribution in [2.75, 3.05) is 5.32 Å². The molecule has 2 aromatic rings. The first-order chi connectivity index (χ1) is 11.1. The van der Waals surface area contributed by atoms with Gasteiger partial charge in [-0.2, -0.15) is 0 Å². The van der Waals surface area contributed by atoms with Gasteiger partial charge in [-0.25, -0.2) is 4.79 Å². The molecule has 0 saturated heterocycles. The van der Waals surface area contributed by atoms with Crippen molar-refractivity contribution in [3.8, 4) is 5.75 Å². The summed E-state index contributed by atoms with van der Waals surface area (Å²) in [5, 5.41) is 17.0. The Hall–Kier alpha value is -3.01. The highest BCUT2D eigenvalue weighted by molar-refractivity contribution is 6.02. The summed E-state index contributed by atoms with van der Waals surface area (Å²) >= 11 is 0. The van der Waals surface area contributed by atoms with E-state index in [9.17, 15) is 9.90 Å². The van der Waals surface area contributed by atoms with Gasteiger partial charge in [0.1, 0.15) is 5.75 Å². The lowest BCUT2D eigenvalue weighted by Gasteiger charge is -2.11. The summed E-state index contributed by atoms with van der Waals surface area (Å²) in [6.45, 7) is 2.05. The third-order valence-electron chi connectivity index (χ3n) is 3.67. The Bertz CT molecular complexity index is 848. The molecule has 0 atom stereocenters. The molecule has 0 aromatic heterocycles. The summed E-state index contributed by atoms with van der Waals surface area (Å²) < 4.78 is 0. The van der Waals surface area contributed by atoms with Gasteiger partial charge in [-0.1, -0.05) is 35.9 Å². The Kier molecular flexibility index (Phi) is 4.15. The maximum atomic E-state index is 12.2. The van der Waals surface area contributed by atoms with Gasteiger partial charge in [0.15, 0.2) is 0 Å². The Labute approximate surface area is 134 Å². The summed E-state index contributed by atoms with van der Waals surface area (Å²) in [5.74, 6) is 0.204. The van der Waals surface area contributed by atoms with Crippen molar-refractivity contribution in [2.45, 2.75) is 13.3 Å². The normalized spacial score (nSPS) is 14.0. The van der Waals surface area contributed by atoms with E-state index >= 15 is 0 Å². The number of amides is 2. The van der Waals surface area contributed by atoms with Crippen LogP contribution in [-0.4, -0.2) is 11.1 Å². The van der Waals surface area contributed by atoms with Crippen molar-refractivity contribution in [2.24, 2.45) is 0 Å². The molecule has 2 aromatic carbocycles. The van der Waals surface area contributed by atoms with Gasteiger partial charge in [-0.05, 0) is 49.1 Å². The summed E-state index contributed by atoms with van der Waals surface area (Å²) in [5.41, 5.74) is 2.72. The fourth-order valence-electron chi connectivity index (χ4n) is 2.48. The molecule has 0 fully saturated rings. The highest BCUT2D eigenvalue weighted by Crippen LogP contribution is 2.26. The van der Waals surface area contributed by atoms with Crippen molar-refractivity contribution < 1.29 is 9.90 Å². The molecule has 0 heterocycles. The van der Waals surface area contributed by atoms with E-state index in [0.717, 1.165) is 22.9 Å². The van der Waals surface area contributed by atoms with E-state index < -0.39 is 0 Å². The summed E-state index contributed by atoms with van der Waals surface area (Å²) in [6.07, 6.45) is 8.62. The number of aromatic hydroxyl groups is 1. The lowest BCUT2D eigenvalue weighted by molar-refractivity contribution is 0.254. The molecule has 0 saturated carbocycles. The topological polar surface area (TPSA) is 61.4 Å². The number of anilines is 1. The molecular weight excluding hydrogens is 288 g/mol. The molecule has 116 valence electrons. The standard InChI is InChI=1S/C19H18N2O2/c1-13-4-2-6-15(9-8-13)20-19(23)21-18-7-3-5-14-12-16(22)10-11-17(14)18/h2-7,9-12,22H,8H2,1H3,(H2,20,21,23). The van der Waals surface area contributed by atoms with Gasteiger partial charge in [0.05, 0.1) is 5.69 Å². The summed E-state index contributed by atoms with van der Waals surface area (Å²) in [4.78, 5) is 12.2. The third kappa shape index (κ3) is 3.61. The minimum absolute atomic E-state index is 0.204. The van der Waals surface area contributed by atoms with Crippen LogP contribution in [-0.2, 0) is 0 Å². The smallest absolute Gasteiger partial charge is 0.323 e. The van der Waals surface area contributed by atoms with Crippen LogP contribution in [0.1, 0.15) is 13.3 Å². The predicted molar refractivity (Wildman–Crippen MR) is 93.4 cm³/mol. The van der Waals surface area contributed by atoms with Gasteiger partial charge in [0, 0.05) is 11.1 Å². The number of urea groups is 1. The largest absolute Gasteiger partial charge is 0.508 e. The van der Waals surface area contributed by atoms with Crippen LogP contribution in [0, 0.1) is 0 Å². The van der Waals surface area contributed by atoms with Gasteiger partial charge < -0.3 is 15.7 Å². The van der Waals surface area contributed by atoms with Crippen molar-refractivity contribution in [1.29, 1.82) is 0 Å². The molecule has 4 heteroatoms. The highest BCUT2D eigenvalue weighted by Gasteiger charge is 2.07. The molecule has 23 heavy (non-hydrogen) atoms. The van der Waals surface area contributed by atoms with E-state index in [1.54, 1.807) is 18.2 Å². The van der Waals surface area contributed by atoms with Crippen LogP contribution in [0.25, 0.3) is 10.8 Å². The first-order valence-corrected chi connectivity index (χ1v) is 7.45. The zero-order valence-corrected chi connectivity index (χ0v) is 12.8. The molecule has 0 unspecified atom stereocenters. The fraction of sp³-hybridized carbons (Fsp3) is 0.105. The number of allylic oxidation sites excluding steroid dienone is 5. The summed E-state index contributed by atoms with van der Waals surface area (Å²) in [6, 6.07) is 10.3.